The molecule has 5 rings (SSSR count). The van der Waals surface area contributed by atoms with E-state index >= 15 is 0 Å². The number of piperidine rings is 1. The van der Waals surface area contributed by atoms with E-state index in [0.717, 1.165) is 78.4 Å². The van der Waals surface area contributed by atoms with Gasteiger partial charge < -0.3 is 19.7 Å². The summed E-state index contributed by atoms with van der Waals surface area (Å²) in [7, 11) is 7.57. The lowest BCUT2D eigenvalue weighted by Crippen LogP contribution is -2.38. The maximum atomic E-state index is 5.54. The summed E-state index contributed by atoms with van der Waals surface area (Å²) in [6.45, 7) is 4.07. The van der Waals surface area contributed by atoms with E-state index in [0.29, 0.717) is 6.04 Å². The monoisotopic (exact) mass is 511 g/mol. The molecule has 1 aliphatic rings. The summed E-state index contributed by atoms with van der Waals surface area (Å²) >= 11 is 0. The van der Waals surface area contributed by atoms with Gasteiger partial charge in [-0.3, -0.25) is 4.90 Å². The largest absolute Gasteiger partial charge is 0.497 e. The van der Waals surface area contributed by atoms with Crippen molar-refractivity contribution in [2.45, 2.75) is 32.0 Å². The third kappa shape index (κ3) is 6.06. The molecule has 7 heteroatoms. The molecule has 0 spiro atoms. The summed E-state index contributed by atoms with van der Waals surface area (Å²) in [5.41, 5.74) is 4.58. The van der Waals surface area contributed by atoms with Crippen LogP contribution in [-0.4, -0.2) is 67.4 Å². The number of ether oxygens (including phenoxy) is 2. The normalized spacial score (nSPS) is 14.7. The molecule has 198 valence electrons. The number of nitrogens with one attached hydrogen (secondary N) is 1. The highest BCUT2D eigenvalue weighted by atomic mass is 16.5. The van der Waals surface area contributed by atoms with E-state index in [1.165, 1.54) is 11.1 Å². The number of rotatable bonds is 9. The van der Waals surface area contributed by atoms with E-state index in [2.05, 4.69) is 75.8 Å². The molecule has 1 aromatic heterocycles. The summed E-state index contributed by atoms with van der Waals surface area (Å²) in [6, 6.07) is 23.4. The molecule has 2 heterocycles. The molecule has 1 saturated heterocycles. The first-order valence-electron chi connectivity index (χ1n) is 13.2. The standard InChI is InChI=1S/C31H37N5O2/c1-35(2)20-22-5-7-23(8-6-22)21-36-17-15-25(16-18-36)32-31-29-19-27(38-4)13-14-28(29)30(33-34-31)24-9-11-26(37-3)12-10-24/h5-14,19,25H,15-18,20-21H2,1-4H3,(H,32,34). The van der Waals surface area contributed by atoms with Crippen LogP contribution in [0.15, 0.2) is 66.7 Å². The van der Waals surface area contributed by atoms with Gasteiger partial charge in [0.15, 0.2) is 5.82 Å². The third-order valence-electron chi connectivity index (χ3n) is 7.21. The zero-order valence-corrected chi connectivity index (χ0v) is 22.8. The fourth-order valence-corrected chi connectivity index (χ4v) is 5.13. The Bertz CT molecular complexity index is 1350. The van der Waals surface area contributed by atoms with Gasteiger partial charge >= 0.3 is 0 Å². The van der Waals surface area contributed by atoms with Crippen LogP contribution in [-0.2, 0) is 13.1 Å². The molecule has 0 unspecified atom stereocenters. The number of methoxy groups -OCH3 is 2. The highest BCUT2D eigenvalue weighted by molar-refractivity contribution is 6.00. The van der Waals surface area contributed by atoms with Gasteiger partial charge in [-0.2, -0.15) is 0 Å². The topological polar surface area (TPSA) is 62.8 Å². The van der Waals surface area contributed by atoms with Crippen molar-refractivity contribution in [3.05, 3.63) is 77.9 Å². The third-order valence-corrected chi connectivity index (χ3v) is 7.21. The van der Waals surface area contributed by atoms with Gasteiger partial charge in [-0.05, 0) is 80.5 Å². The van der Waals surface area contributed by atoms with Crippen LogP contribution in [0.2, 0.25) is 0 Å². The molecule has 1 fully saturated rings. The van der Waals surface area contributed by atoms with E-state index in [1.807, 2.05) is 30.3 Å². The van der Waals surface area contributed by atoms with Crippen molar-refractivity contribution >= 4 is 16.6 Å². The molecule has 4 aromatic rings. The highest BCUT2D eigenvalue weighted by Crippen LogP contribution is 2.34. The minimum atomic E-state index is 0.351. The van der Waals surface area contributed by atoms with Crippen LogP contribution in [0.25, 0.3) is 22.0 Å². The number of aromatic nitrogens is 2. The van der Waals surface area contributed by atoms with Crippen molar-refractivity contribution < 1.29 is 9.47 Å². The van der Waals surface area contributed by atoms with Crippen LogP contribution < -0.4 is 14.8 Å². The molecule has 7 nitrogen and oxygen atoms in total. The van der Waals surface area contributed by atoms with Crippen LogP contribution in [0.1, 0.15) is 24.0 Å². The lowest BCUT2D eigenvalue weighted by Gasteiger charge is -2.32. The van der Waals surface area contributed by atoms with Crippen molar-refractivity contribution in [2.75, 3.05) is 46.7 Å². The molecule has 0 amide bonds. The second-order valence-corrected chi connectivity index (χ2v) is 10.3. The van der Waals surface area contributed by atoms with Gasteiger partial charge in [0.2, 0.25) is 0 Å². The Morgan fingerprint density at radius 2 is 1.47 bits per heavy atom. The van der Waals surface area contributed by atoms with Gasteiger partial charge in [0.25, 0.3) is 0 Å². The average Bonchev–Trinajstić information content (AvgIpc) is 2.95. The second-order valence-electron chi connectivity index (χ2n) is 10.3. The molecule has 1 aliphatic heterocycles. The molecule has 38 heavy (non-hydrogen) atoms. The molecular weight excluding hydrogens is 474 g/mol. The van der Waals surface area contributed by atoms with Crippen molar-refractivity contribution in [1.29, 1.82) is 0 Å². The van der Waals surface area contributed by atoms with Gasteiger partial charge in [-0.1, -0.05) is 24.3 Å². The number of anilines is 1. The maximum Gasteiger partial charge on any atom is 0.156 e. The van der Waals surface area contributed by atoms with Crippen LogP contribution >= 0.6 is 0 Å². The van der Waals surface area contributed by atoms with E-state index in [1.54, 1.807) is 14.2 Å². The Morgan fingerprint density at radius 1 is 0.816 bits per heavy atom. The molecular formula is C31H37N5O2. The molecule has 0 saturated carbocycles. The molecule has 0 bridgehead atoms. The SMILES string of the molecule is COc1ccc(-c2nnc(NC3CCN(Cc4ccc(CN(C)C)cc4)CC3)c3cc(OC)ccc23)cc1. The lowest BCUT2D eigenvalue weighted by atomic mass is 10.0. The molecule has 0 aliphatic carbocycles. The van der Waals surface area contributed by atoms with Crippen molar-refractivity contribution in [3.8, 4) is 22.8 Å². The van der Waals surface area contributed by atoms with Crippen LogP contribution in [0.5, 0.6) is 11.5 Å². The lowest BCUT2D eigenvalue weighted by molar-refractivity contribution is 0.211. The van der Waals surface area contributed by atoms with Gasteiger partial charge in [0.05, 0.1) is 14.2 Å². The summed E-state index contributed by atoms with van der Waals surface area (Å²) in [4.78, 5) is 4.74. The zero-order valence-electron chi connectivity index (χ0n) is 22.8. The average molecular weight is 512 g/mol. The molecule has 1 N–H and O–H groups in total. The first-order chi connectivity index (χ1) is 18.5. The fraction of sp³-hybridized carbons (Fsp3) is 0.355. The Morgan fingerprint density at radius 3 is 2.13 bits per heavy atom. The number of hydrogen-bond donors (Lipinski definition) is 1. The zero-order chi connectivity index (χ0) is 26.5. The Kier molecular flexibility index (Phi) is 8.05. The molecule has 0 radical (unpaired) electrons. The summed E-state index contributed by atoms with van der Waals surface area (Å²) in [5.74, 6) is 2.44. The summed E-state index contributed by atoms with van der Waals surface area (Å²) in [6.07, 6.45) is 2.12. The van der Waals surface area contributed by atoms with E-state index in [-0.39, 0.29) is 0 Å². The quantitative estimate of drug-likeness (QED) is 0.321. The molecule has 3 aromatic carbocycles. The minimum Gasteiger partial charge on any atom is -0.497 e. The predicted octanol–water partition coefficient (Wildman–Crippen LogP) is 5.45. The Hall–Kier alpha value is -3.68. The van der Waals surface area contributed by atoms with Crippen LogP contribution in [0.3, 0.4) is 0 Å². The van der Waals surface area contributed by atoms with Crippen molar-refractivity contribution in [3.63, 3.8) is 0 Å². The number of fused-ring (bicyclic) bond motifs is 1. The van der Waals surface area contributed by atoms with Gasteiger partial charge in [0, 0.05) is 48.6 Å². The first kappa shape index (κ1) is 25.9. The number of benzene rings is 3. The minimum absolute atomic E-state index is 0.351. The summed E-state index contributed by atoms with van der Waals surface area (Å²) < 4.78 is 10.9. The maximum absolute atomic E-state index is 5.54. The van der Waals surface area contributed by atoms with Crippen molar-refractivity contribution in [2.24, 2.45) is 0 Å². The van der Waals surface area contributed by atoms with E-state index in [9.17, 15) is 0 Å². The number of hydrogen-bond acceptors (Lipinski definition) is 7. The Labute approximate surface area is 225 Å². The van der Waals surface area contributed by atoms with Gasteiger partial charge in [-0.25, -0.2) is 0 Å². The van der Waals surface area contributed by atoms with Gasteiger partial charge in [-0.15, -0.1) is 10.2 Å². The number of likely N-dealkylation sites (tertiary alicyclic amines) is 1. The fourth-order valence-electron chi connectivity index (χ4n) is 5.13. The Balaban J connectivity index is 1.28. The smallest absolute Gasteiger partial charge is 0.156 e. The second kappa shape index (κ2) is 11.8. The summed E-state index contributed by atoms with van der Waals surface area (Å²) in [5, 5.41) is 15.1. The number of nitrogens with zero attached hydrogens (tertiary/aromatic N) is 4. The van der Waals surface area contributed by atoms with Crippen molar-refractivity contribution in [1.82, 2.24) is 20.0 Å². The highest BCUT2D eigenvalue weighted by Gasteiger charge is 2.21. The van der Waals surface area contributed by atoms with E-state index < -0.39 is 0 Å². The van der Waals surface area contributed by atoms with Crippen LogP contribution in [0, 0.1) is 0 Å². The molecule has 0 atom stereocenters. The first-order valence-corrected chi connectivity index (χ1v) is 13.2. The van der Waals surface area contributed by atoms with Gasteiger partial charge in [0.1, 0.15) is 17.2 Å². The predicted molar refractivity (Wildman–Crippen MR) is 154 cm³/mol. The van der Waals surface area contributed by atoms with Crippen LogP contribution in [0.4, 0.5) is 5.82 Å². The van der Waals surface area contributed by atoms with E-state index in [4.69, 9.17) is 9.47 Å².